The van der Waals surface area contributed by atoms with Gasteiger partial charge in [0.2, 0.25) is 0 Å². The van der Waals surface area contributed by atoms with Crippen LogP contribution in [0.1, 0.15) is 36.9 Å². The third-order valence-corrected chi connectivity index (χ3v) is 6.98. The average Bonchev–Trinajstić information content (AvgIpc) is 3.18. The summed E-state index contributed by atoms with van der Waals surface area (Å²) in [5.74, 6) is 1.62. The van der Waals surface area contributed by atoms with E-state index in [1.807, 2.05) is 16.6 Å². The van der Waals surface area contributed by atoms with Crippen molar-refractivity contribution in [1.29, 1.82) is 0 Å². The highest BCUT2D eigenvalue weighted by Crippen LogP contribution is 2.34. The van der Waals surface area contributed by atoms with E-state index in [2.05, 4.69) is 10.2 Å². The minimum atomic E-state index is -0.238. The van der Waals surface area contributed by atoms with Crippen LogP contribution < -0.4 is 5.32 Å². The highest BCUT2D eigenvalue weighted by Gasteiger charge is 2.35. The van der Waals surface area contributed by atoms with Gasteiger partial charge in [-0.1, -0.05) is 12.1 Å². The molecule has 0 unspecified atom stereocenters. The van der Waals surface area contributed by atoms with Crippen LogP contribution >= 0.6 is 0 Å². The molecule has 3 fully saturated rings. The van der Waals surface area contributed by atoms with Gasteiger partial charge in [-0.3, -0.25) is 0 Å². The smallest absolute Gasteiger partial charge is 0.158 e. The highest BCUT2D eigenvalue weighted by atomic mass is 19.1. The van der Waals surface area contributed by atoms with E-state index in [0.29, 0.717) is 6.04 Å². The summed E-state index contributed by atoms with van der Waals surface area (Å²) in [7, 11) is 0. The van der Waals surface area contributed by atoms with Crippen LogP contribution in [0.2, 0.25) is 0 Å². The van der Waals surface area contributed by atoms with Crippen molar-refractivity contribution in [3.63, 3.8) is 0 Å². The fourth-order valence-electron chi connectivity index (χ4n) is 5.39. The fraction of sp³-hybridized carbons (Fsp3) is 0.478. The maximum absolute atomic E-state index is 13.8. The molecule has 0 amide bonds. The van der Waals surface area contributed by atoms with Crippen molar-refractivity contribution in [2.75, 3.05) is 25.0 Å². The summed E-state index contributed by atoms with van der Waals surface area (Å²) < 4.78 is 15.7. The van der Waals surface area contributed by atoms with Crippen molar-refractivity contribution in [1.82, 2.24) is 19.5 Å². The molecule has 29 heavy (non-hydrogen) atoms. The Balaban J connectivity index is 1.46. The van der Waals surface area contributed by atoms with Gasteiger partial charge in [-0.05, 0) is 69.7 Å². The number of hydrogen-bond donors (Lipinski definition) is 1. The topological polar surface area (TPSA) is 45.5 Å². The van der Waals surface area contributed by atoms with E-state index in [-0.39, 0.29) is 5.82 Å². The summed E-state index contributed by atoms with van der Waals surface area (Å²) in [4.78, 5) is 7.52. The van der Waals surface area contributed by atoms with E-state index in [4.69, 9.17) is 10.1 Å². The molecule has 5 nitrogen and oxygen atoms in total. The van der Waals surface area contributed by atoms with E-state index in [9.17, 15) is 4.39 Å². The lowest BCUT2D eigenvalue weighted by Crippen LogP contribution is -2.53. The normalized spacial score (nSPS) is 25.9. The van der Waals surface area contributed by atoms with Gasteiger partial charge in [0.05, 0.1) is 5.69 Å². The number of aromatic nitrogens is 3. The number of rotatable bonds is 3. The summed E-state index contributed by atoms with van der Waals surface area (Å²) in [6.07, 6.45) is 7.04. The van der Waals surface area contributed by atoms with Crippen molar-refractivity contribution >= 4 is 11.5 Å². The summed E-state index contributed by atoms with van der Waals surface area (Å²) in [6, 6.07) is 9.12. The molecule has 5 heterocycles. The molecule has 0 spiro atoms. The second kappa shape index (κ2) is 6.80. The van der Waals surface area contributed by atoms with E-state index in [0.717, 1.165) is 48.0 Å². The molecule has 0 saturated carbocycles. The maximum Gasteiger partial charge on any atom is 0.158 e. The predicted octanol–water partition coefficient (Wildman–Crippen LogP) is 3.92. The van der Waals surface area contributed by atoms with Gasteiger partial charge in [0.1, 0.15) is 11.6 Å². The van der Waals surface area contributed by atoms with Gasteiger partial charge >= 0.3 is 0 Å². The Hall–Kier alpha value is -2.47. The molecule has 4 aliphatic rings. The Morgan fingerprint density at radius 2 is 1.93 bits per heavy atom. The van der Waals surface area contributed by atoms with Crippen LogP contribution in [0.25, 0.3) is 16.9 Å². The first-order valence-electron chi connectivity index (χ1n) is 10.9. The van der Waals surface area contributed by atoms with Gasteiger partial charge in [-0.15, -0.1) is 0 Å². The van der Waals surface area contributed by atoms with Gasteiger partial charge < -0.3 is 10.2 Å². The first kappa shape index (κ1) is 17.4. The SMILES string of the molecule is Fc1cccc(-c2cc3nc4c(c(N[C@@H]5CN6CCC5CC6)n3n2)CCCC4)c1. The van der Waals surface area contributed by atoms with E-state index < -0.39 is 0 Å². The van der Waals surface area contributed by atoms with E-state index in [1.165, 1.54) is 56.1 Å². The lowest BCUT2D eigenvalue weighted by molar-refractivity contribution is 0.0972. The summed E-state index contributed by atoms with van der Waals surface area (Å²) in [5, 5.41) is 8.78. The molecular formula is C23H26FN5. The number of nitrogens with zero attached hydrogens (tertiary/aromatic N) is 4. The molecule has 1 N–H and O–H groups in total. The third-order valence-electron chi connectivity index (χ3n) is 6.98. The summed E-state index contributed by atoms with van der Waals surface area (Å²) in [6.45, 7) is 3.58. The Kier molecular flexibility index (Phi) is 4.08. The second-order valence-electron chi connectivity index (χ2n) is 8.79. The van der Waals surface area contributed by atoms with Crippen molar-refractivity contribution in [3.8, 4) is 11.3 Å². The Bertz CT molecular complexity index is 1070. The molecule has 150 valence electrons. The van der Waals surface area contributed by atoms with Crippen LogP contribution in [0.4, 0.5) is 10.2 Å². The van der Waals surface area contributed by atoms with Crippen LogP contribution in [-0.2, 0) is 12.8 Å². The number of fused-ring (bicyclic) bond motifs is 5. The van der Waals surface area contributed by atoms with Crippen molar-refractivity contribution in [3.05, 3.63) is 47.4 Å². The minimum Gasteiger partial charge on any atom is -0.365 e. The lowest BCUT2D eigenvalue weighted by atomic mass is 9.84. The molecule has 6 heteroatoms. The molecule has 2 bridgehead atoms. The molecule has 0 radical (unpaired) electrons. The van der Waals surface area contributed by atoms with Crippen molar-refractivity contribution < 1.29 is 4.39 Å². The molecule has 1 aliphatic carbocycles. The molecule has 2 aromatic heterocycles. The molecule has 3 saturated heterocycles. The standard InChI is InChI=1S/C23H26FN5/c24-17-5-3-4-16(12-17)20-13-22-25-19-7-2-1-6-18(19)23(29(22)27-20)26-21-14-28-10-8-15(21)9-11-28/h3-5,12-13,15,21,26H,1-2,6-11,14H2/t21-/m1/s1. The first-order chi connectivity index (χ1) is 14.2. The monoisotopic (exact) mass is 391 g/mol. The number of aryl methyl sites for hydroxylation is 1. The second-order valence-corrected chi connectivity index (χ2v) is 8.79. The average molecular weight is 391 g/mol. The molecule has 1 atom stereocenters. The van der Waals surface area contributed by atoms with Crippen molar-refractivity contribution in [2.24, 2.45) is 5.92 Å². The zero-order chi connectivity index (χ0) is 19.4. The number of halogens is 1. The van der Waals surface area contributed by atoms with Crippen LogP contribution in [-0.4, -0.2) is 45.2 Å². The molecule has 3 aliphatic heterocycles. The van der Waals surface area contributed by atoms with E-state index >= 15 is 0 Å². The van der Waals surface area contributed by atoms with Gasteiger partial charge in [0.15, 0.2) is 5.65 Å². The van der Waals surface area contributed by atoms with Crippen LogP contribution in [0, 0.1) is 11.7 Å². The fourth-order valence-corrected chi connectivity index (χ4v) is 5.39. The van der Waals surface area contributed by atoms with Crippen LogP contribution in [0.3, 0.4) is 0 Å². The lowest BCUT2D eigenvalue weighted by Gasteiger charge is -2.45. The van der Waals surface area contributed by atoms with Crippen LogP contribution in [0.15, 0.2) is 30.3 Å². The number of nitrogens with one attached hydrogen (secondary N) is 1. The van der Waals surface area contributed by atoms with Gasteiger partial charge in [0, 0.05) is 35.5 Å². The largest absolute Gasteiger partial charge is 0.365 e. The molecule has 1 aromatic carbocycles. The Morgan fingerprint density at radius 3 is 2.72 bits per heavy atom. The van der Waals surface area contributed by atoms with Gasteiger partial charge in [-0.2, -0.15) is 9.61 Å². The highest BCUT2D eigenvalue weighted by molar-refractivity contribution is 5.67. The summed E-state index contributed by atoms with van der Waals surface area (Å²) >= 11 is 0. The number of anilines is 1. The quantitative estimate of drug-likeness (QED) is 0.735. The molecule has 3 aromatic rings. The van der Waals surface area contributed by atoms with E-state index in [1.54, 1.807) is 12.1 Å². The van der Waals surface area contributed by atoms with Gasteiger partial charge in [-0.25, -0.2) is 9.37 Å². The Labute approximate surface area is 169 Å². The molecule has 7 rings (SSSR count). The molecular weight excluding hydrogens is 365 g/mol. The third kappa shape index (κ3) is 3.01. The van der Waals surface area contributed by atoms with Crippen molar-refractivity contribution in [2.45, 2.75) is 44.6 Å². The number of piperidine rings is 3. The number of hydrogen-bond acceptors (Lipinski definition) is 4. The van der Waals surface area contributed by atoms with Gasteiger partial charge in [0.25, 0.3) is 0 Å². The maximum atomic E-state index is 13.8. The first-order valence-corrected chi connectivity index (χ1v) is 10.9. The number of benzene rings is 1. The minimum absolute atomic E-state index is 0.238. The summed E-state index contributed by atoms with van der Waals surface area (Å²) in [5.41, 5.74) is 4.96. The predicted molar refractivity (Wildman–Crippen MR) is 112 cm³/mol. The Morgan fingerprint density at radius 1 is 1.07 bits per heavy atom. The zero-order valence-corrected chi connectivity index (χ0v) is 16.6. The zero-order valence-electron chi connectivity index (χ0n) is 16.6. The van der Waals surface area contributed by atoms with Crippen LogP contribution in [0.5, 0.6) is 0 Å².